The molecule has 0 unspecified atom stereocenters. The summed E-state index contributed by atoms with van der Waals surface area (Å²) in [4.78, 5) is 2.33. The van der Waals surface area contributed by atoms with Crippen LogP contribution in [0, 0.1) is 6.92 Å². The number of nitrogens with zero attached hydrogens (tertiary/aromatic N) is 3. The first-order valence-corrected chi connectivity index (χ1v) is 8.61. The van der Waals surface area contributed by atoms with Crippen LogP contribution in [0.2, 0.25) is 0 Å². The monoisotopic (exact) mass is 338 g/mol. The van der Waals surface area contributed by atoms with Crippen LogP contribution in [0.1, 0.15) is 18.4 Å². The molecule has 6 heteroatoms. The van der Waals surface area contributed by atoms with Gasteiger partial charge in [-0.25, -0.2) is 0 Å². The van der Waals surface area contributed by atoms with Crippen LogP contribution >= 0.6 is 0 Å². The van der Waals surface area contributed by atoms with Crippen molar-refractivity contribution in [2.45, 2.75) is 25.8 Å². The molecule has 2 N–H and O–H groups in total. The fourth-order valence-corrected chi connectivity index (χ4v) is 3.54. The number of piperidine rings is 1. The molecule has 1 aromatic carbocycles. The normalized spacial score (nSPS) is 18.6. The molecule has 1 saturated heterocycles. The summed E-state index contributed by atoms with van der Waals surface area (Å²) in [6.07, 6.45) is 3.91. The third kappa shape index (κ3) is 3.05. The lowest BCUT2D eigenvalue weighted by molar-refractivity contribution is 0.260. The fourth-order valence-electron chi connectivity index (χ4n) is 3.54. The number of anilines is 1. The third-order valence-electron chi connectivity index (χ3n) is 4.82. The zero-order chi connectivity index (χ0) is 17.4. The van der Waals surface area contributed by atoms with E-state index in [1.54, 1.807) is 12.3 Å². The van der Waals surface area contributed by atoms with Crippen LogP contribution < -0.4 is 5.32 Å². The van der Waals surface area contributed by atoms with Crippen LogP contribution in [0.25, 0.3) is 22.2 Å². The van der Waals surface area contributed by atoms with E-state index in [4.69, 9.17) is 4.42 Å². The molecule has 0 bridgehead atoms. The Kier molecular flexibility index (Phi) is 4.05. The molecule has 1 aliphatic heterocycles. The van der Waals surface area contributed by atoms with E-state index in [0.29, 0.717) is 28.3 Å². The lowest BCUT2D eigenvalue weighted by Gasteiger charge is -2.30. The maximum atomic E-state index is 10.5. The van der Waals surface area contributed by atoms with Crippen molar-refractivity contribution in [3.63, 3.8) is 0 Å². The van der Waals surface area contributed by atoms with Gasteiger partial charge >= 0.3 is 0 Å². The van der Waals surface area contributed by atoms with Crippen LogP contribution in [0.15, 0.2) is 34.9 Å². The summed E-state index contributed by atoms with van der Waals surface area (Å²) in [6.45, 7) is 4.15. The molecule has 0 amide bonds. The Morgan fingerprint density at radius 1 is 1.28 bits per heavy atom. The van der Waals surface area contributed by atoms with Crippen molar-refractivity contribution in [2.75, 3.05) is 25.5 Å². The number of phenolic OH excluding ortho intramolecular Hbond substituents is 1. The fraction of sp³-hybridized carbons (Fsp3) is 0.368. The summed E-state index contributed by atoms with van der Waals surface area (Å²) in [5.74, 6) is 0.962. The Labute approximate surface area is 146 Å². The van der Waals surface area contributed by atoms with Gasteiger partial charge in [-0.2, -0.15) is 0 Å². The number of aromatic nitrogens is 2. The average Bonchev–Trinajstić information content (AvgIpc) is 3.06. The van der Waals surface area contributed by atoms with Crippen molar-refractivity contribution < 1.29 is 9.52 Å². The highest BCUT2D eigenvalue weighted by atomic mass is 16.3. The standard InChI is InChI=1S/C19H22N4O2/c1-12-10-17(20-13-4-3-8-23(2)11-13)21-22-18(12)15-5-6-16-14(19(15)24)7-9-25-16/h5-7,9-10,13,24H,3-4,8,11H2,1-2H3,(H,20,21)/t13-/m1/s1. The zero-order valence-electron chi connectivity index (χ0n) is 14.5. The second-order valence-corrected chi connectivity index (χ2v) is 6.80. The number of nitrogens with one attached hydrogen (secondary N) is 1. The lowest BCUT2D eigenvalue weighted by atomic mass is 10.0. The molecule has 1 fully saturated rings. The number of aryl methyl sites for hydroxylation is 1. The molecule has 3 aromatic rings. The Hall–Kier alpha value is -2.60. The lowest BCUT2D eigenvalue weighted by Crippen LogP contribution is -2.39. The predicted octanol–water partition coefficient (Wildman–Crippen LogP) is 3.41. The van der Waals surface area contributed by atoms with Gasteiger partial charge in [0.2, 0.25) is 0 Å². The van der Waals surface area contributed by atoms with Crippen LogP contribution in [-0.2, 0) is 0 Å². The first-order chi connectivity index (χ1) is 12.1. The topological polar surface area (TPSA) is 74.4 Å². The van der Waals surface area contributed by atoms with Gasteiger partial charge in [0.1, 0.15) is 17.2 Å². The van der Waals surface area contributed by atoms with E-state index >= 15 is 0 Å². The van der Waals surface area contributed by atoms with Crippen LogP contribution in [0.5, 0.6) is 5.75 Å². The Morgan fingerprint density at radius 3 is 2.96 bits per heavy atom. The van der Waals surface area contributed by atoms with E-state index in [1.165, 1.54) is 6.42 Å². The highest BCUT2D eigenvalue weighted by molar-refractivity contribution is 5.91. The highest BCUT2D eigenvalue weighted by Crippen LogP contribution is 2.36. The summed E-state index contributed by atoms with van der Waals surface area (Å²) < 4.78 is 5.32. The van der Waals surface area contributed by atoms with Gasteiger partial charge in [0.05, 0.1) is 17.3 Å². The molecular weight excluding hydrogens is 316 g/mol. The summed E-state index contributed by atoms with van der Waals surface area (Å²) in [5.41, 5.74) is 2.99. The van der Waals surface area contributed by atoms with E-state index in [-0.39, 0.29) is 5.75 Å². The molecule has 6 nitrogen and oxygen atoms in total. The van der Waals surface area contributed by atoms with Crippen molar-refractivity contribution in [1.29, 1.82) is 0 Å². The summed E-state index contributed by atoms with van der Waals surface area (Å²) in [6, 6.07) is 7.81. The number of benzene rings is 1. The molecule has 0 radical (unpaired) electrons. The molecule has 0 aliphatic carbocycles. The SMILES string of the molecule is Cc1cc(N[C@@H]2CCCN(C)C2)nnc1-c1ccc2occc2c1O. The number of hydrogen-bond donors (Lipinski definition) is 2. The first-order valence-electron chi connectivity index (χ1n) is 8.61. The minimum Gasteiger partial charge on any atom is -0.506 e. The van der Waals surface area contributed by atoms with Gasteiger partial charge in [0.25, 0.3) is 0 Å². The largest absolute Gasteiger partial charge is 0.506 e. The maximum absolute atomic E-state index is 10.5. The summed E-state index contributed by atoms with van der Waals surface area (Å²) in [5, 5.41) is 23.4. The van der Waals surface area contributed by atoms with Gasteiger partial charge < -0.3 is 19.7 Å². The van der Waals surface area contributed by atoms with E-state index in [0.717, 1.165) is 30.9 Å². The van der Waals surface area contributed by atoms with Crippen LogP contribution in [-0.4, -0.2) is 46.4 Å². The van der Waals surface area contributed by atoms with Gasteiger partial charge in [0.15, 0.2) is 0 Å². The Bertz CT molecular complexity index is 906. The van der Waals surface area contributed by atoms with Crippen molar-refractivity contribution in [3.05, 3.63) is 36.1 Å². The van der Waals surface area contributed by atoms with E-state index in [2.05, 4.69) is 27.5 Å². The zero-order valence-corrected chi connectivity index (χ0v) is 14.5. The minimum atomic E-state index is 0.179. The smallest absolute Gasteiger partial charge is 0.149 e. The number of phenols is 1. The number of hydrogen-bond acceptors (Lipinski definition) is 6. The quantitative estimate of drug-likeness (QED) is 0.762. The molecule has 25 heavy (non-hydrogen) atoms. The van der Waals surface area contributed by atoms with Gasteiger partial charge in [0, 0.05) is 18.2 Å². The molecular formula is C19H22N4O2. The van der Waals surface area contributed by atoms with Crippen molar-refractivity contribution in [2.24, 2.45) is 0 Å². The highest BCUT2D eigenvalue weighted by Gasteiger charge is 2.19. The second-order valence-electron chi connectivity index (χ2n) is 6.80. The van der Waals surface area contributed by atoms with Crippen LogP contribution in [0.3, 0.4) is 0 Å². The van der Waals surface area contributed by atoms with Crippen LogP contribution in [0.4, 0.5) is 5.82 Å². The number of rotatable bonds is 3. The second kappa shape index (κ2) is 6.37. The van der Waals surface area contributed by atoms with Gasteiger partial charge in [-0.1, -0.05) is 0 Å². The molecule has 1 aliphatic rings. The van der Waals surface area contributed by atoms with Crippen molar-refractivity contribution in [1.82, 2.24) is 15.1 Å². The first kappa shape index (κ1) is 15.9. The van der Waals surface area contributed by atoms with E-state index in [9.17, 15) is 5.11 Å². The van der Waals surface area contributed by atoms with Crippen molar-refractivity contribution >= 4 is 16.8 Å². The summed E-state index contributed by atoms with van der Waals surface area (Å²) in [7, 11) is 2.14. The van der Waals surface area contributed by atoms with E-state index in [1.807, 2.05) is 25.1 Å². The molecule has 4 rings (SSSR count). The van der Waals surface area contributed by atoms with Gasteiger partial charge in [-0.15, -0.1) is 10.2 Å². The van der Waals surface area contributed by atoms with Gasteiger partial charge in [-0.05, 0) is 63.2 Å². The third-order valence-corrected chi connectivity index (χ3v) is 4.82. The number of aromatic hydroxyl groups is 1. The average molecular weight is 338 g/mol. The molecule has 2 aromatic heterocycles. The van der Waals surface area contributed by atoms with Gasteiger partial charge in [-0.3, -0.25) is 0 Å². The number of furan rings is 1. The number of likely N-dealkylation sites (N-methyl/N-ethyl adjacent to an activating group) is 1. The maximum Gasteiger partial charge on any atom is 0.149 e. The molecule has 0 spiro atoms. The molecule has 0 saturated carbocycles. The van der Waals surface area contributed by atoms with Crippen molar-refractivity contribution in [3.8, 4) is 17.0 Å². The number of likely N-dealkylation sites (tertiary alicyclic amines) is 1. The predicted molar refractivity (Wildman–Crippen MR) is 97.8 cm³/mol. The Morgan fingerprint density at radius 2 is 2.16 bits per heavy atom. The molecule has 1 atom stereocenters. The minimum absolute atomic E-state index is 0.179. The summed E-state index contributed by atoms with van der Waals surface area (Å²) >= 11 is 0. The molecule has 3 heterocycles. The number of fused-ring (bicyclic) bond motifs is 1. The molecule has 130 valence electrons. The Balaban J connectivity index is 1.61. The van der Waals surface area contributed by atoms with E-state index < -0.39 is 0 Å².